The van der Waals surface area contributed by atoms with Gasteiger partial charge >= 0.3 is 12.1 Å². The Morgan fingerprint density at radius 3 is 2.03 bits per heavy atom. The van der Waals surface area contributed by atoms with Crippen LogP contribution < -0.4 is 4.90 Å². The van der Waals surface area contributed by atoms with Crippen molar-refractivity contribution in [1.82, 2.24) is 0 Å². The number of carboxylic acid groups (broad SMARTS) is 1. The fourth-order valence-electron chi connectivity index (χ4n) is 3.71. The monoisotopic (exact) mass is 724 g/mol. The van der Waals surface area contributed by atoms with Crippen LogP contribution in [0, 0.1) is 7.14 Å². The molecule has 0 spiro atoms. The number of anilines is 1. The largest absolute Gasteiger partial charge is 0.481 e. The summed E-state index contributed by atoms with van der Waals surface area (Å²) in [6.07, 6.45) is -4.98. The molecule has 1 fully saturated rings. The highest BCUT2D eigenvalue weighted by molar-refractivity contribution is 14.1. The van der Waals surface area contributed by atoms with Crippen molar-refractivity contribution in [2.24, 2.45) is 4.99 Å². The zero-order valence-electron chi connectivity index (χ0n) is 17.7. The number of carbonyl (C=O) groups is 1. The molecule has 2 atom stereocenters. The number of aliphatic imine (C=N–C) groups is 1. The number of rotatable bonds is 5. The number of alkyl halides is 3. The summed E-state index contributed by atoms with van der Waals surface area (Å²) in [5.74, 6) is -1.15. The summed E-state index contributed by atoms with van der Waals surface area (Å²) in [5.41, 5.74) is -1.58. The molecule has 2 N–H and O–H groups in total. The fourth-order valence-corrected chi connectivity index (χ4v) is 5.83. The molecule has 1 saturated heterocycles. The Morgan fingerprint density at radius 1 is 0.971 bits per heavy atom. The van der Waals surface area contributed by atoms with Gasteiger partial charge in [0.2, 0.25) is 0 Å². The van der Waals surface area contributed by atoms with Gasteiger partial charge in [-0.25, -0.2) is 4.99 Å². The first-order valence-corrected chi connectivity index (χ1v) is 13.2. The molecule has 4 rings (SSSR count). The molecule has 0 bridgehead atoms. The molecule has 35 heavy (non-hydrogen) atoms. The van der Waals surface area contributed by atoms with Crippen molar-refractivity contribution in [1.29, 1.82) is 0 Å². The lowest BCUT2D eigenvalue weighted by Crippen LogP contribution is -2.49. The van der Waals surface area contributed by atoms with Crippen molar-refractivity contribution in [3.63, 3.8) is 0 Å². The van der Waals surface area contributed by atoms with E-state index in [1.54, 1.807) is 24.3 Å². The maximum atomic E-state index is 13.2. The Kier molecular flexibility index (Phi) is 7.69. The highest BCUT2D eigenvalue weighted by Crippen LogP contribution is 2.50. The molecule has 0 aromatic heterocycles. The van der Waals surface area contributed by atoms with Gasteiger partial charge in [0.15, 0.2) is 10.9 Å². The number of benzene rings is 3. The summed E-state index contributed by atoms with van der Waals surface area (Å²) in [5, 5.41) is 21.1. The summed E-state index contributed by atoms with van der Waals surface area (Å²) < 4.78 is 41.5. The van der Waals surface area contributed by atoms with Crippen LogP contribution in [0.2, 0.25) is 0 Å². The summed E-state index contributed by atoms with van der Waals surface area (Å²) in [7, 11) is 0. The number of nitrogens with zero attached hydrogens (tertiary/aromatic N) is 2. The molecule has 5 nitrogen and oxygen atoms in total. The van der Waals surface area contributed by atoms with Crippen LogP contribution in [-0.2, 0) is 16.7 Å². The van der Waals surface area contributed by atoms with E-state index in [1.165, 1.54) is 17.0 Å². The normalized spacial score (nSPS) is 21.5. The first-order valence-electron chi connectivity index (χ1n) is 10.2. The zero-order chi connectivity index (χ0) is 25.4. The molecule has 11 heteroatoms. The minimum atomic E-state index is -4.54. The third-order valence-electron chi connectivity index (χ3n) is 5.36. The maximum absolute atomic E-state index is 13.2. The van der Waals surface area contributed by atoms with Crippen LogP contribution >= 0.6 is 56.9 Å². The molecule has 2 unspecified atom stereocenters. The number of hydrogen-bond donors (Lipinski definition) is 2. The number of amidine groups is 1. The van der Waals surface area contributed by atoms with E-state index in [1.807, 2.05) is 24.3 Å². The SMILES string of the molecule is O=C(O)CC1SC(=Nc2ccc(I)cc2)N(c2ccc(I)cc2)C1(O)c1ccc(C(F)(F)F)cc1. The van der Waals surface area contributed by atoms with Crippen LogP contribution in [0.4, 0.5) is 24.5 Å². The number of hydrogen-bond acceptors (Lipinski definition) is 4. The van der Waals surface area contributed by atoms with Crippen molar-refractivity contribution in [2.45, 2.75) is 23.6 Å². The minimum Gasteiger partial charge on any atom is -0.481 e. The molecule has 3 aromatic carbocycles. The van der Waals surface area contributed by atoms with E-state index >= 15 is 0 Å². The zero-order valence-corrected chi connectivity index (χ0v) is 22.8. The second-order valence-corrected chi connectivity index (χ2v) is 11.3. The average molecular weight is 724 g/mol. The van der Waals surface area contributed by atoms with Gasteiger partial charge < -0.3 is 10.2 Å². The maximum Gasteiger partial charge on any atom is 0.416 e. The second-order valence-electron chi connectivity index (χ2n) is 7.69. The topological polar surface area (TPSA) is 73.1 Å². The fraction of sp³-hybridized carbons (Fsp3) is 0.167. The van der Waals surface area contributed by atoms with Crippen LogP contribution in [0.1, 0.15) is 17.5 Å². The second kappa shape index (κ2) is 10.3. The van der Waals surface area contributed by atoms with Crippen molar-refractivity contribution in [2.75, 3.05) is 4.90 Å². The smallest absolute Gasteiger partial charge is 0.416 e. The number of aliphatic carboxylic acids is 1. The highest BCUT2D eigenvalue weighted by atomic mass is 127. The number of aliphatic hydroxyl groups is 1. The highest BCUT2D eigenvalue weighted by Gasteiger charge is 2.54. The molecule has 1 heterocycles. The van der Waals surface area contributed by atoms with E-state index in [0.717, 1.165) is 31.0 Å². The third-order valence-corrected chi connectivity index (χ3v) is 8.06. The molecule has 0 radical (unpaired) electrons. The van der Waals surface area contributed by atoms with E-state index in [-0.39, 0.29) is 5.56 Å². The first kappa shape index (κ1) is 26.2. The molecule has 1 aliphatic heterocycles. The Bertz CT molecular complexity index is 1250. The van der Waals surface area contributed by atoms with Gasteiger partial charge in [0.25, 0.3) is 0 Å². The van der Waals surface area contributed by atoms with Crippen molar-refractivity contribution >= 4 is 79.5 Å². The van der Waals surface area contributed by atoms with Crippen LogP contribution in [-0.4, -0.2) is 26.6 Å². The predicted octanol–water partition coefficient (Wildman–Crippen LogP) is 6.84. The van der Waals surface area contributed by atoms with Crippen LogP contribution in [0.3, 0.4) is 0 Å². The number of halogens is 5. The lowest BCUT2D eigenvalue weighted by molar-refractivity contribution is -0.138. The van der Waals surface area contributed by atoms with Crippen molar-refractivity contribution < 1.29 is 28.2 Å². The van der Waals surface area contributed by atoms with Gasteiger partial charge in [-0.1, -0.05) is 23.9 Å². The van der Waals surface area contributed by atoms with Gasteiger partial charge in [0.05, 0.1) is 22.9 Å². The summed E-state index contributed by atoms with van der Waals surface area (Å²) in [4.78, 5) is 17.9. The average Bonchev–Trinajstić information content (AvgIpc) is 3.07. The molecule has 1 aliphatic rings. The van der Waals surface area contributed by atoms with Crippen molar-refractivity contribution in [3.05, 3.63) is 91.1 Å². The van der Waals surface area contributed by atoms with Crippen molar-refractivity contribution in [3.8, 4) is 0 Å². The molecular weight excluding hydrogens is 707 g/mol. The summed E-state index contributed by atoms with van der Waals surface area (Å²) in [6.45, 7) is 0. The van der Waals surface area contributed by atoms with E-state index < -0.39 is 35.1 Å². The van der Waals surface area contributed by atoms with Gasteiger partial charge in [-0.15, -0.1) is 0 Å². The Balaban J connectivity index is 1.90. The predicted molar refractivity (Wildman–Crippen MR) is 147 cm³/mol. The van der Waals surface area contributed by atoms with Gasteiger partial charge in [0, 0.05) is 18.4 Å². The van der Waals surface area contributed by atoms with Gasteiger partial charge in [-0.3, -0.25) is 9.69 Å². The summed E-state index contributed by atoms with van der Waals surface area (Å²) in [6, 6.07) is 18.6. The van der Waals surface area contributed by atoms with Crippen LogP contribution in [0.15, 0.2) is 77.8 Å². The Morgan fingerprint density at radius 2 is 1.51 bits per heavy atom. The lowest BCUT2D eigenvalue weighted by atomic mass is 9.94. The first-order chi connectivity index (χ1) is 16.5. The quantitative estimate of drug-likeness (QED) is 0.282. The van der Waals surface area contributed by atoms with E-state index in [2.05, 4.69) is 50.2 Å². The number of thioether (sulfide) groups is 1. The third kappa shape index (κ3) is 5.62. The lowest BCUT2D eigenvalue weighted by Gasteiger charge is -2.37. The van der Waals surface area contributed by atoms with Gasteiger partial charge in [-0.05, 0) is 106 Å². The molecule has 0 amide bonds. The van der Waals surface area contributed by atoms with E-state index in [9.17, 15) is 28.2 Å². The standard InChI is InChI=1S/C24H17F3I2N2O3S/c25-24(26,27)15-3-1-14(2-4-15)23(34)20(13-21(32)33)35-22(30-18-9-5-16(28)6-10-18)31(23)19-11-7-17(29)8-12-19/h1-12,20,34H,13H2,(H,32,33). The van der Waals surface area contributed by atoms with E-state index in [0.29, 0.717) is 16.5 Å². The Hall–Kier alpha value is -1.84. The molecular formula is C24H17F3I2N2O3S. The minimum absolute atomic E-state index is 0.135. The molecule has 0 saturated carbocycles. The molecule has 0 aliphatic carbocycles. The van der Waals surface area contributed by atoms with Gasteiger partial charge in [0.1, 0.15) is 0 Å². The van der Waals surface area contributed by atoms with Crippen LogP contribution in [0.25, 0.3) is 0 Å². The van der Waals surface area contributed by atoms with Gasteiger partial charge in [-0.2, -0.15) is 13.2 Å². The Labute approximate surface area is 230 Å². The molecule has 3 aromatic rings. The number of carboxylic acids is 1. The summed E-state index contributed by atoms with van der Waals surface area (Å²) >= 11 is 5.38. The van der Waals surface area contributed by atoms with Crippen LogP contribution in [0.5, 0.6) is 0 Å². The van der Waals surface area contributed by atoms with E-state index in [4.69, 9.17) is 0 Å². The molecule has 182 valence electrons.